The van der Waals surface area contributed by atoms with Crippen molar-refractivity contribution in [3.63, 3.8) is 0 Å². The van der Waals surface area contributed by atoms with E-state index in [0.717, 1.165) is 12.8 Å². The lowest BCUT2D eigenvalue weighted by Crippen LogP contribution is -2.34. The lowest BCUT2D eigenvalue weighted by Gasteiger charge is -2.34. The monoisotopic (exact) mass is 260 g/mol. The smallest absolute Gasteiger partial charge is 0.0636 e. The van der Waals surface area contributed by atoms with Gasteiger partial charge in [0.05, 0.1) is 6.10 Å². The van der Waals surface area contributed by atoms with Gasteiger partial charge < -0.3 is 5.11 Å². The molecule has 1 fully saturated rings. The van der Waals surface area contributed by atoms with Crippen LogP contribution in [0.1, 0.15) is 61.3 Å². The third-order valence-corrected chi connectivity index (χ3v) is 5.25. The Morgan fingerprint density at radius 2 is 1.63 bits per heavy atom. The number of aryl methyl sites for hydroxylation is 3. The molecule has 0 heterocycles. The van der Waals surface area contributed by atoms with Crippen molar-refractivity contribution in [1.82, 2.24) is 0 Å². The van der Waals surface area contributed by atoms with Crippen molar-refractivity contribution in [1.29, 1.82) is 0 Å². The molecule has 1 aliphatic rings. The molecule has 0 aromatic heterocycles. The molecule has 106 valence electrons. The summed E-state index contributed by atoms with van der Waals surface area (Å²) in [5.74, 6) is 0. The van der Waals surface area contributed by atoms with Crippen molar-refractivity contribution < 1.29 is 5.11 Å². The van der Waals surface area contributed by atoms with Crippen LogP contribution in [0, 0.1) is 26.2 Å². The zero-order chi connectivity index (χ0) is 14.0. The van der Waals surface area contributed by atoms with E-state index in [4.69, 9.17) is 0 Å². The Morgan fingerprint density at radius 3 is 2.11 bits per heavy atom. The van der Waals surface area contributed by atoms with E-state index in [9.17, 15) is 5.11 Å². The van der Waals surface area contributed by atoms with Gasteiger partial charge in [-0.1, -0.05) is 37.5 Å². The van der Waals surface area contributed by atoms with E-state index in [1.807, 2.05) is 0 Å². The number of aliphatic hydroxyl groups is 1. The predicted molar refractivity (Wildman–Crippen MR) is 81.6 cm³/mol. The molecule has 1 N–H and O–H groups in total. The van der Waals surface area contributed by atoms with Gasteiger partial charge in [-0.15, -0.1) is 0 Å². The molecule has 1 aliphatic carbocycles. The SMILES string of the molecule is CCC1(C(O)Cc2c(C)cc(C)cc2C)CCCC1. The van der Waals surface area contributed by atoms with Gasteiger partial charge in [-0.05, 0) is 68.6 Å². The second-order valence-electron chi connectivity index (χ2n) is 6.52. The zero-order valence-corrected chi connectivity index (χ0v) is 12.9. The van der Waals surface area contributed by atoms with E-state index in [-0.39, 0.29) is 11.5 Å². The summed E-state index contributed by atoms with van der Waals surface area (Å²) in [4.78, 5) is 0. The van der Waals surface area contributed by atoms with Gasteiger partial charge in [-0.25, -0.2) is 0 Å². The van der Waals surface area contributed by atoms with Gasteiger partial charge in [0.2, 0.25) is 0 Å². The first-order chi connectivity index (χ1) is 8.98. The number of hydrogen-bond acceptors (Lipinski definition) is 1. The minimum Gasteiger partial charge on any atom is -0.392 e. The topological polar surface area (TPSA) is 20.2 Å². The first-order valence-electron chi connectivity index (χ1n) is 7.73. The second-order valence-corrected chi connectivity index (χ2v) is 6.52. The van der Waals surface area contributed by atoms with Crippen molar-refractivity contribution in [2.75, 3.05) is 0 Å². The summed E-state index contributed by atoms with van der Waals surface area (Å²) in [7, 11) is 0. The van der Waals surface area contributed by atoms with Gasteiger partial charge in [0.1, 0.15) is 0 Å². The van der Waals surface area contributed by atoms with E-state index in [1.165, 1.54) is 47.9 Å². The molecule has 2 rings (SSSR count). The number of aliphatic hydroxyl groups excluding tert-OH is 1. The highest BCUT2D eigenvalue weighted by Gasteiger charge is 2.38. The molecule has 0 radical (unpaired) electrons. The van der Waals surface area contributed by atoms with Crippen LogP contribution in [0.15, 0.2) is 12.1 Å². The maximum atomic E-state index is 10.8. The summed E-state index contributed by atoms with van der Waals surface area (Å²) < 4.78 is 0. The van der Waals surface area contributed by atoms with Crippen molar-refractivity contribution in [3.05, 3.63) is 34.4 Å². The molecule has 1 aromatic rings. The number of rotatable bonds is 4. The first kappa shape index (κ1) is 14.6. The summed E-state index contributed by atoms with van der Waals surface area (Å²) in [6.07, 6.45) is 6.74. The van der Waals surface area contributed by atoms with Crippen LogP contribution in [0.3, 0.4) is 0 Å². The van der Waals surface area contributed by atoms with Crippen LogP contribution < -0.4 is 0 Å². The standard InChI is InChI=1S/C18H28O/c1-5-18(8-6-7-9-18)17(19)12-16-14(3)10-13(2)11-15(16)4/h10-11,17,19H,5-9,12H2,1-4H3. The molecule has 1 atom stereocenters. The number of hydrogen-bond donors (Lipinski definition) is 1. The van der Waals surface area contributed by atoms with Gasteiger partial charge in [0.25, 0.3) is 0 Å². The Morgan fingerprint density at radius 1 is 1.11 bits per heavy atom. The quantitative estimate of drug-likeness (QED) is 0.846. The second kappa shape index (κ2) is 5.66. The fourth-order valence-corrected chi connectivity index (χ4v) is 3.94. The molecule has 0 bridgehead atoms. The van der Waals surface area contributed by atoms with E-state index < -0.39 is 0 Å². The lowest BCUT2D eigenvalue weighted by atomic mass is 9.75. The zero-order valence-electron chi connectivity index (χ0n) is 12.9. The Bertz CT molecular complexity index is 418. The summed E-state index contributed by atoms with van der Waals surface area (Å²) in [6.45, 7) is 8.73. The summed E-state index contributed by atoms with van der Waals surface area (Å²) in [6, 6.07) is 4.48. The highest BCUT2D eigenvalue weighted by Crippen LogP contribution is 2.45. The van der Waals surface area contributed by atoms with Crippen LogP contribution in [0.5, 0.6) is 0 Å². The van der Waals surface area contributed by atoms with Crippen LogP contribution in [-0.4, -0.2) is 11.2 Å². The van der Waals surface area contributed by atoms with Crippen molar-refractivity contribution in [2.45, 2.75) is 72.3 Å². The Kier molecular flexibility index (Phi) is 4.35. The van der Waals surface area contributed by atoms with Crippen LogP contribution >= 0.6 is 0 Å². The van der Waals surface area contributed by atoms with E-state index >= 15 is 0 Å². The van der Waals surface area contributed by atoms with Gasteiger partial charge in [0, 0.05) is 0 Å². The summed E-state index contributed by atoms with van der Waals surface area (Å²) in [5, 5.41) is 10.8. The van der Waals surface area contributed by atoms with Crippen LogP contribution in [0.4, 0.5) is 0 Å². The van der Waals surface area contributed by atoms with Crippen molar-refractivity contribution >= 4 is 0 Å². The van der Waals surface area contributed by atoms with Crippen LogP contribution in [0.2, 0.25) is 0 Å². The predicted octanol–water partition coefficient (Wildman–Crippen LogP) is 4.49. The molecule has 19 heavy (non-hydrogen) atoms. The summed E-state index contributed by atoms with van der Waals surface area (Å²) >= 11 is 0. The molecule has 1 saturated carbocycles. The fraction of sp³-hybridized carbons (Fsp3) is 0.667. The van der Waals surface area contributed by atoms with E-state index in [0.29, 0.717) is 0 Å². The molecule has 0 saturated heterocycles. The van der Waals surface area contributed by atoms with Crippen LogP contribution in [0.25, 0.3) is 0 Å². The molecule has 1 unspecified atom stereocenters. The first-order valence-corrected chi connectivity index (χ1v) is 7.73. The minimum absolute atomic E-state index is 0.180. The van der Waals surface area contributed by atoms with E-state index in [1.54, 1.807) is 0 Å². The molecule has 0 amide bonds. The van der Waals surface area contributed by atoms with Crippen LogP contribution in [-0.2, 0) is 6.42 Å². The molecule has 1 heteroatoms. The minimum atomic E-state index is -0.180. The highest BCUT2D eigenvalue weighted by molar-refractivity contribution is 5.38. The largest absolute Gasteiger partial charge is 0.392 e. The van der Waals surface area contributed by atoms with E-state index in [2.05, 4.69) is 39.8 Å². The molecule has 0 spiro atoms. The average molecular weight is 260 g/mol. The van der Waals surface area contributed by atoms with Crippen molar-refractivity contribution in [3.8, 4) is 0 Å². The van der Waals surface area contributed by atoms with Gasteiger partial charge in [-0.3, -0.25) is 0 Å². The molecular formula is C18H28O. The molecular weight excluding hydrogens is 232 g/mol. The maximum absolute atomic E-state index is 10.8. The fourth-order valence-electron chi connectivity index (χ4n) is 3.94. The Hall–Kier alpha value is -0.820. The molecule has 1 aromatic carbocycles. The Labute approximate surface area is 118 Å². The summed E-state index contributed by atoms with van der Waals surface area (Å²) in [5.41, 5.74) is 5.53. The van der Waals surface area contributed by atoms with Crippen molar-refractivity contribution in [2.24, 2.45) is 5.41 Å². The third-order valence-electron chi connectivity index (χ3n) is 5.25. The Balaban J connectivity index is 2.21. The van der Waals surface area contributed by atoms with Gasteiger partial charge in [0.15, 0.2) is 0 Å². The average Bonchev–Trinajstić information content (AvgIpc) is 2.83. The maximum Gasteiger partial charge on any atom is 0.0636 e. The lowest BCUT2D eigenvalue weighted by molar-refractivity contribution is 0.0255. The molecule has 1 nitrogen and oxygen atoms in total. The molecule has 0 aliphatic heterocycles. The van der Waals surface area contributed by atoms with Gasteiger partial charge >= 0.3 is 0 Å². The third kappa shape index (κ3) is 2.86. The normalized spacial score (nSPS) is 19.6. The number of benzene rings is 1. The highest BCUT2D eigenvalue weighted by atomic mass is 16.3. The van der Waals surface area contributed by atoms with Gasteiger partial charge in [-0.2, -0.15) is 0 Å².